The molecule has 0 heterocycles. The zero-order chi connectivity index (χ0) is 19.3. The van der Waals surface area contributed by atoms with Gasteiger partial charge in [-0.25, -0.2) is 15.8 Å². The van der Waals surface area contributed by atoms with Gasteiger partial charge in [0.1, 0.15) is 11.5 Å². The van der Waals surface area contributed by atoms with Crippen LogP contribution in [0.2, 0.25) is 0 Å². The molecule has 2 aromatic carbocycles. The molecule has 27 heavy (non-hydrogen) atoms. The average molecular weight is 373 g/mol. The molecule has 0 radical (unpaired) electrons. The number of carbonyl (C=O) groups is 2. The first kappa shape index (κ1) is 20.2. The number of benzene rings is 2. The van der Waals surface area contributed by atoms with Crippen LogP contribution in [-0.2, 0) is 9.63 Å². The van der Waals surface area contributed by atoms with Gasteiger partial charge in [0.05, 0.1) is 6.61 Å². The van der Waals surface area contributed by atoms with Crippen molar-refractivity contribution in [1.29, 1.82) is 0 Å². The summed E-state index contributed by atoms with van der Waals surface area (Å²) in [6.45, 7) is 0.331. The minimum absolute atomic E-state index is 0.258. The van der Waals surface area contributed by atoms with Crippen molar-refractivity contribution in [2.45, 2.75) is 25.7 Å². The maximum Gasteiger partial charge on any atom is 0.343 e. The van der Waals surface area contributed by atoms with Gasteiger partial charge in [0.15, 0.2) is 0 Å². The summed E-state index contributed by atoms with van der Waals surface area (Å²) in [6.07, 6.45) is 2.33. The zero-order valence-corrected chi connectivity index (χ0v) is 14.8. The maximum atomic E-state index is 11.7. The highest BCUT2D eigenvalue weighted by Crippen LogP contribution is 2.22. The Morgan fingerprint density at radius 1 is 0.889 bits per heavy atom. The van der Waals surface area contributed by atoms with Crippen LogP contribution in [0.4, 0.5) is 10.5 Å². The summed E-state index contributed by atoms with van der Waals surface area (Å²) < 4.78 is 5.68. The first-order chi connectivity index (χ1) is 13.2. The molecule has 4 N–H and O–H groups in total. The van der Waals surface area contributed by atoms with Crippen LogP contribution in [0.5, 0.6) is 11.5 Å². The molecule has 8 nitrogen and oxygen atoms in total. The Hall–Kier alpha value is -3.10. The van der Waals surface area contributed by atoms with E-state index in [-0.39, 0.29) is 6.42 Å². The second-order valence-electron chi connectivity index (χ2n) is 5.69. The molecule has 0 aliphatic heterocycles. The third-order valence-electron chi connectivity index (χ3n) is 3.53. The van der Waals surface area contributed by atoms with Gasteiger partial charge >= 0.3 is 6.03 Å². The highest BCUT2D eigenvalue weighted by molar-refractivity contribution is 5.88. The normalized spacial score (nSPS) is 10.1. The molecule has 8 heteroatoms. The highest BCUT2D eigenvalue weighted by atomic mass is 16.7. The van der Waals surface area contributed by atoms with Crippen molar-refractivity contribution in [3.05, 3.63) is 54.6 Å². The molecule has 0 aromatic heterocycles. The van der Waals surface area contributed by atoms with Gasteiger partial charge in [0.2, 0.25) is 5.91 Å². The van der Waals surface area contributed by atoms with E-state index in [1.54, 1.807) is 29.7 Å². The number of anilines is 1. The summed E-state index contributed by atoms with van der Waals surface area (Å²) >= 11 is 0. The Balaban J connectivity index is 1.61. The van der Waals surface area contributed by atoms with Crippen LogP contribution in [-0.4, -0.2) is 23.8 Å². The Kier molecular flexibility index (Phi) is 8.61. The number of unbranched alkanes of at least 4 members (excludes halogenated alkanes) is 2. The van der Waals surface area contributed by atoms with Gasteiger partial charge in [-0.2, -0.15) is 0 Å². The first-order valence-electron chi connectivity index (χ1n) is 8.62. The summed E-state index contributed by atoms with van der Waals surface area (Å²) in [4.78, 5) is 27.6. The van der Waals surface area contributed by atoms with Crippen LogP contribution in [0.3, 0.4) is 0 Å². The van der Waals surface area contributed by atoms with Crippen molar-refractivity contribution < 1.29 is 24.4 Å². The summed E-state index contributed by atoms with van der Waals surface area (Å²) in [5.74, 6) is 0.994. The molecule has 0 spiro atoms. The summed E-state index contributed by atoms with van der Waals surface area (Å²) in [6, 6.07) is 15.9. The van der Waals surface area contributed by atoms with E-state index >= 15 is 0 Å². The number of hydrogen-bond acceptors (Lipinski definition) is 5. The molecule has 0 saturated carbocycles. The fourth-order valence-electron chi connectivity index (χ4n) is 2.20. The number of rotatable bonds is 10. The Labute approximate surface area is 157 Å². The van der Waals surface area contributed by atoms with Crippen LogP contribution in [0, 0.1) is 0 Å². The number of urea groups is 1. The molecule has 0 bridgehead atoms. The predicted molar refractivity (Wildman–Crippen MR) is 99.5 cm³/mol. The number of hydroxylamine groups is 2. The van der Waals surface area contributed by atoms with Crippen LogP contribution in [0.15, 0.2) is 54.6 Å². The molecule has 3 amide bonds. The van der Waals surface area contributed by atoms with E-state index < -0.39 is 11.9 Å². The standard InChI is InChI=1S/C19H23N3O5/c23-18(21-25)9-5-2-6-14-26-22-19(24)20-15-10-12-17(13-11-15)27-16-7-3-1-4-8-16/h1,3-4,7-8,10-13,25H,2,5-6,9,14H2,(H,21,23)(H2,20,22,24). The number of hydrogen-bond donors (Lipinski definition) is 4. The SMILES string of the molecule is O=C(CCCCCONC(=O)Nc1ccc(Oc2ccccc2)cc1)NO. The fourth-order valence-corrected chi connectivity index (χ4v) is 2.20. The van der Waals surface area contributed by atoms with E-state index in [1.165, 1.54) is 0 Å². The molecular formula is C19H23N3O5. The minimum Gasteiger partial charge on any atom is -0.457 e. The van der Waals surface area contributed by atoms with Crippen LogP contribution >= 0.6 is 0 Å². The topological polar surface area (TPSA) is 109 Å². The summed E-state index contributed by atoms with van der Waals surface area (Å²) in [5, 5.41) is 11.0. The Bertz CT molecular complexity index is 707. The van der Waals surface area contributed by atoms with Crippen molar-refractivity contribution in [3.63, 3.8) is 0 Å². The summed E-state index contributed by atoms with van der Waals surface area (Å²) in [7, 11) is 0. The van der Waals surface area contributed by atoms with Gasteiger partial charge in [-0.1, -0.05) is 24.6 Å². The number of carbonyl (C=O) groups excluding carboxylic acids is 2. The minimum atomic E-state index is -0.480. The van der Waals surface area contributed by atoms with Crippen molar-refractivity contribution in [1.82, 2.24) is 11.0 Å². The monoisotopic (exact) mass is 373 g/mol. The van der Waals surface area contributed by atoms with Crippen LogP contribution in [0.25, 0.3) is 0 Å². The molecule has 144 valence electrons. The first-order valence-corrected chi connectivity index (χ1v) is 8.62. The van der Waals surface area contributed by atoms with Crippen molar-refractivity contribution in [2.75, 3.05) is 11.9 Å². The zero-order valence-electron chi connectivity index (χ0n) is 14.8. The lowest BCUT2D eigenvalue weighted by atomic mass is 10.2. The van der Waals surface area contributed by atoms with E-state index in [4.69, 9.17) is 14.8 Å². The van der Waals surface area contributed by atoms with Gasteiger partial charge < -0.3 is 10.1 Å². The number of nitrogens with one attached hydrogen (secondary N) is 3. The number of para-hydroxylation sites is 1. The fraction of sp³-hybridized carbons (Fsp3) is 0.263. The lowest BCUT2D eigenvalue weighted by Gasteiger charge is -2.09. The third-order valence-corrected chi connectivity index (χ3v) is 3.53. The van der Waals surface area contributed by atoms with Crippen molar-refractivity contribution >= 4 is 17.6 Å². The molecule has 0 aliphatic rings. The second kappa shape index (κ2) is 11.5. The van der Waals surface area contributed by atoms with Gasteiger partial charge in [-0.3, -0.25) is 14.8 Å². The third kappa shape index (κ3) is 8.21. The largest absolute Gasteiger partial charge is 0.457 e. The molecule has 2 aromatic rings. The Morgan fingerprint density at radius 3 is 2.30 bits per heavy atom. The maximum absolute atomic E-state index is 11.7. The molecule has 0 unspecified atom stereocenters. The molecular weight excluding hydrogens is 350 g/mol. The smallest absolute Gasteiger partial charge is 0.343 e. The van der Waals surface area contributed by atoms with Crippen LogP contribution in [0.1, 0.15) is 25.7 Å². The lowest BCUT2D eigenvalue weighted by Crippen LogP contribution is -2.29. The Morgan fingerprint density at radius 2 is 1.59 bits per heavy atom. The van der Waals surface area contributed by atoms with Crippen molar-refractivity contribution in [3.8, 4) is 11.5 Å². The van der Waals surface area contributed by atoms with E-state index in [2.05, 4.69) is 10.8 Å². The molecule has 0 atom stereocenters. The summed E-state index contributed by atoms with van der Waals surface area (Å²) in [5.41, 5.74) is 4.48. The van der Waals surface area contributed by atoms with Crippen LogP contribution < -0.4 is 21.0 Å². The number of ether oxygens (including phenoxy) is 1. The molecule has 2 rings (SSSR count). The highest BCUT2D eigenvalue weighted by Gasteiger charge is 2.03. The van der Waals surface area contributed by atoms with Gasteiger partial charge in [-0.05, 0) is 49.2 Å². The lowest BCUT2D eigenvalue weighted by molar-refractivity contribution is -0.129. The van der Waals surface area contributed by atoms with Gasteiger partial charge in [-0.15, -0.1) is 0 Å². The van der Waals surface area contributed by atoms with E-state index in [9.17, 15) is 9.59 Å². The molecule has 0 aliphatic carbocycles. The van der Waals surface area contributed by atoms with Gasteiger partial charge in [0.25, 0.3) is 0 Å². The predicted octanol–water partition coefficient (Wildman–Crippen LogP) is 3.60. The molecule has 0 fully saturated rings. The van der Waals surface area contributed by atoms with E-state index in [0.717, 1.165) is 12.2 Å². The second-order valence-corrected chi connectivity index (χ2v) is 5.69. The van der Waals surface area contributed by atoms with Crippen molar-refractivity contribution in [2.24, 2.45) is 0 Å². The van der Waals surface area contributed by atoms with Gasteiger partial charge in [0, 0.05) is 12.1 Å². The quantitative estimate of drug-likeness (QED) is 0.289. The average Bonchev–Trinajstić information content (AvgIpc) is 2.69. The van der Waals surface area contributed by atoms with E-state index in [1.807, 2.05) is 30.3 Å². The molecule has 0 saturated heterocycles. The number of amides is 3. The van der Waals surface area contributed by atoms with E-state index in [0.29, 0.717) is 30.9 Å².